The number of carbonyl (C=O) groups excluding carboxylic acids is 2. The third-order valence-electron chi connectivity index (χ3n) is 5.44. The van der Waals surface area contributed by atoms with Crippen LogP contribution >= 0.6 is 0 Å². The standard InChI is InChI=1S/C23H23FN4O3/c1-13-20(25)21(28-23(30)26-13)22(29)27-18-10-4-8-16-15(18)7-5-11-19(16)31-12-14-6-2-3-9-17(14)24/h2-3,5-7,9,11,18H,1,4,8,10,12,25H2,(H,27,29)(H2,26,28,30)/t18-/m1/s1. The Morgan fingerprint density at radius 1 is 1.23 bits per heavy atom. The number of nitrogens with one attached hydrogen (secondary N) is 3. The van der Waals surface area contributed by atoms with E-state index in [1.54, 1.807) is 18.2 Å². The molecule has 0 unspecified atom stereocenters. The Bertz CT molecular complexity index is 1100. The summed E-state index contributed by atoms with van der Waals surface area (Å²) in [4.78, 5) is 24.5. The van der Waals surface area contributed by atoms with Crippen molar-refractivity contribution in [2.45, 2.75) is 31.9 Å². The molecule has 5 N–H and O–H groups in total. The third kappa shape index (κ3) is 4.23. The number of rotatable bonds is 5. The Labute approximate surface area is 179 Å². The maximum Gasteiger partial charge on any atom is 0.323 e. The molecule has 1 aliphatic heterocycles. The summed E-state index contributed by atoms with van der Waals surface area (Å²) in [5.41, 5.74) is 8.56. The predicted molar refractivity (Wildman–Crippen MR) is 113 cm³/mol. The van der Waals surface area contributed by atoms with Crippen LogP contribution in [0.3, 0.4) is 0 Å². The summed E-state index contributed by atoms with van der Waals surface area (Å²) in [6, 6.07) is 11.3. The molecule has 3 amide bonds. The van der Waals surface area contributed by atoms with Gasteiger partial charge in [0.25, 0.3) is 5.91 Å². The van der Waals surface area contributed by atoms with E-state index in [1.807, 2.05) is 18.2 Å². The summed E-state index contributed by atoms with van der Waals surface area (Å²) in [5, 5.41) is 7.81. The van der Waals surface area contributed by atoms with Gasteiger partial charge in [-0.3, -0.25) is 4.79 Å². The zero-order valence-electron chi connectivity index (χ0n) is 16.8. The Hall–Kier alpha value is -3.81. The Morgan fingerprint density at radius 2 is 2.03 bits per heavy atom. The molecule has 0 fully saturated rings. The van der Waals surface area contributed by atoms with Gasteiger partial charge in [0.05, 0.1) is 17.4 Å². The topological polar surface area (TPSA) is 105 Å². The highest BCUT2D eigenvalue weighted by Gasteiger charge is 2.29. The van der Waals surface area contributed by atoms with Crippen LogP contribution in [0.2, 0.25) is 0 Å². The van der Waals surface area contributed by atoms with Gasteiger partial charge in [-0.1, -0.05) is 36.9 Å². The molecule has 8 heteroatoms. The molecular weight excluding hydrogens is 399 g/mol. The fraction of sp³-hybridized carbons (Fsp3) is 0.217. The summed E-state index contributed by atoms with van der Waals surface area (Å²) < 4.78 is 19.8. The van der Waals surface area contributed by atoms with Gasteiger partial charge in [-0.25, -0.2) is 9.18 Å². The summed E-state index contributed by atoms with van der Waals surface area (Å²) in [6.07, 6.45) is 2.36. The van der Waals surface area contributed by atoms with Gasteiger partial charge in [0, 0.05) is 5.56 Å². The van der Waals surface area contributed by atoms with Crippen molar-refractivity contribution in [2.24, 2.45) is 5.73 Å². The molecule has 31 heavy (non-hydrogen) atoms. The van der Waals surface area contributed by atoms with Gasteiger partial charge in [-0.15, -0.1) is 0 Å². The van der Waals surface area contributed by atoms with Crippen LogP contribution in [0.5, 0.6) is 5.75 Å². The van der Waals surface area contributed by atoms with Crippen LogP contribution < -0.4 is 26.4 Å². The van der Waals surface area contributed by atoms with E-state index in [2.05, 4.69) is 22.5 Å². The van der Waals surface area contributed by atoms with Gasteiger partial charge in [-0.2, -0.15) is 0 Å². The maximum absolute atomic E-state index is 13.9. The number of fused-ring (bicyclic) bond motifs is 1. The Kier molecular flexibility index (Phi) is 5.62. The van der Waals surface area contributed by atoms with E-state index in [1.165, 1.54) is 6.07 Å². The van der Waals surface area contributed by atoms with Gasteiger partial charge in [0.2, 0.25) is 0 Å². The van der Waals surface area contributed by atoms with Gasteiger partial charge in [-0.05, 0) is 42.5 Å². The fourth-order valence-electron chi connectivity index (χ4n) is 3.85. The maximum atomic E-state index is 13.9. The molecule has 7 nitrogen and oxygen atoms in total. The number of halogens is 1. The minimum atomic E-state index is -0.558. The van der Waals surface area contributed by atoms with Crippen LogP contribution in [0.1, 0.15) is 35.6 Å². The number of carbonyl (C=O) groups is 2. The van der Waals surface area contributed by atoms with Crippen molar-refractivity contribution in [1.29, 1.82) is 0 Å². The van der Waals surface area contributed by atoms with E-state index >= 15 is 0 Å². The first-order valence-electron chi connectivity index (χ1n) is 10.00. The number of hydrogen-bond donors (Lipinski definition) is 4. The highest BCUT2D eigenvalue weighted by Crippen LogP contribution is 2.36. The highest BCUT2D eigenvalue weighted by atomic mass is 19.1. The molecule has 2 aliphatic rings. The van der Waals surface area contributed by atoms with Crippen LogP contribution in [0.15, 0.2) is 66.1 Å². The largest absolute Gasteiger partial charge is 0.489 e. The average molecular weight is 422 g/mol. The van der Waals surface area contributed by atoms with E-state index in [9.17, 15) is 14.0 Å². The van der Waals surface area contributed by atoms with Crippen molar-refractivity contribution in [1.82, 2.24) is 16.0 Å². The lowest BCUT2D eigenvalue weighted by atomic mass is 9.87. The zero-order chi connectivity index (χ0) is 22.0. The summed E-state index contributed by atoms with van der Waals surface area (Å²) in [7, 11) is 0. The number of ether oxygens (including phenoxy) is 1. The average Bonchev–Trinajstić information content (AvgIpc) is 2.76. The molecular formula is C23H23FN4O3. The molecule has 0 bridgehead atoms. The Balaban J connectivity index is 1.53. The molecule has 0 saturated carbocycles. The second-order valence-electron chi connectivity index (χ2n) is 7.47. The zero-order valence-corrected chi connectivity index (χ0v) is 16.8. The van der Waals surface area contributed by atoms with Gasteiger partial charge >= 0.3 is 6.03 Å². The number of hydrogen-bond acceptors (Lipinski definition) is 4. The lowest BCUT2D eigenvalue weighted by Crippen LogP contribution is -2.47. The number of nitrogens with two attached hydrogens (primary N) is 1. The van der Waals surface area contributed by atoms with Crippen LogP contribution in [0.4, 0.5) is 9.18 Å². The molecule has 2 aromatic carbocycles. The normalized spacial score (nSPS) is 18.0. The first-order chi connectivity index (χ1) is 14.9. The summed E-state index contributed by atoms with van der Waals surface area (Å²) in [5.74, 6) is -0.125. The number of benzene rings is 2. The van der Waals surface area contributed by atoms with Crippen molar-refractivity contribution in [3.8, 4) is 5.75 Å². The molecule has 0 radical (unpaired) electrons. The van der Waals surface area contributed by atoms with Crippen LogP contribution in [0, 0.1) is 5.82 Å². The van der Waals surface area contributed by atoms with Crippen molar-refractivity contribution >= 4 is 11.9 Å². The van der Waals surface area contributed by atoms with E-state index in [0.717, 1.165) is 30.4 Å². The summed E-state index contributed by atoms with van der Waals surface area (Å²) in [6.45, 7) is 3.76. The van der Waals surface area contributed by atoms with E-state index in [4.69, 9.17) is 10.5 Å². The van der Waals surface area contributed by atoms with Crippen molar-refractivity contribution in [2.75, 3.05) is 0 Å². The predicted octanol–water partition coefficient (Wildman–Crippen LogP) is 2.90. The minimum absolute atomic E-state index is 0.0205. The van der Waals surface area contributed by atoms with Crippen LogP contribution in [0.25, 0.3) is 0 Å². The fourth-order valence-corrected chi connectivity index (χ4v) is 3.85. The quantitative estimate of drug-likeness (QED) is 0.595. The van der Waals surface area contributed by atoms with Crippen molar-refractivity contribution in [3.05, 3.63) is 88.6 Å². The van der Waals surface area contributed by atoms with Crippen molar-refractivity contribution < 1.29 is 18.7 Å². The molecule has 4 rings (SSSR count). The number of amides is 3. The van der Waals surface area contributed by atoms with Crippen molar-refractivity contribution in [3.63, 3.8) is 0 Å². The van der Waals surface area contributed by atoms with Gasteiger partial charge < -0.3 is 26.4 Å². The second-order valence-corrected chi connectivity index (χ2v) is 7.47. The summed E-state index contributed by atoms with van der Waals surface area (Å²) >= 11 is 0. The van der Waals surface area contributed by atoms with Crippen LogP contribution in [-0.4, -0.2) is 11.9 Å². The van der Waals surface area contributed by atoms with E-state index in [0.29, 0.717) is 11.3 Å². The lowest BCUT2D eigenvalue weighted by Gasteiger charge is -2.29. The molecule has 0 saturated heterocycles. The molecule has 1 heterocycles. The smallest absolute Gasteiger partial charge is 0.323 e. The highest BCUT2D eigenvalue weighted by molar-refractivity contribution is 6.00. The third-order valence-corrected chi connectivity index (χ3v) is 5.44. The first kappa shape index (κ1) is 20.5. The second kappa shape index (κ2) is 8.51. The SMILES string of the molecule is C=C1NC(=O)NC(C(=O)N[C@@H]2CCCc3c(OCc4ccccc4F)cccc32)=C1N. The number of urea groups is 1. The first-order valence-corrected chi connectivity index (χ1v) is 10.00. The molecule has 0 spiro atoms. The minimum Gasteiger partial charge on any atom is -0.489 e. The van der Waals surface area contributed by atoms with E-state index < -0.39 is 11.9 Å². The Morgan fingerprint density at radius 3 is 2.84 bits per heavy atom. The van der Waals surface area contributed by atoms with E-state index in [-0.39, 0.29) is 35.6 Å². The van der Waals surface area contributed by atoms with Gasteiger partial charge in [0.1, 0.15) is 23.9 Å². The molecule has 1 atom stereocenters. The van der Waals surface area contributed by atoms with Gasteiger partial charge in [0.15, 0.2) is 0 Å². The molecule has 2 aromatic rings. The molecule has 1 aliphatic carbocycles. The lowest BCUT2D eigenvalue weighted by molar-refractivity contribution is -0.118. The molecule has 160 valence electrons. The molecule has 0 aromatic heterocycles. The monoisotopic (exact) mass is 422 g/mol. The van der Waals surface area contributed by atoms with Crippen LogP contribution in [-0.2, 0) is 17.8 Å².